The Morgan fingerprint density at radius 1 is 1.45 bits per heavy atom. The number of amides is 2. The fourth-order valence-corrected chi connectivity index (χ4v) is 2.72. The molecule has 0 radical (unpaired) electrons. The molecular formula is C15H23N3O2. The summed E-state index contributed by atoms with van der Waals surface area (Å²) in [6, 6.07) is 3.83. The standard InChI is InChI=1S/C15H23N3O2/c1-11-9-13(7-8-16-11)17-15(20)18(2)14-5-3-12(10-19)4-6-14/h7-9,12,14,19H,3-6,10H2,1-2H3,(H,16,17,20). The van der Waals surface area contributed by atoms with Gasteiger partial charge in [0, 0.05) is 37.3 Å². The molecular weight excluding hydrogens is 254 g/mol. The predicted octanol–water partition coefficient (Wildman–Crippen LogP) is 2.40. The number of anilines is 1. The lowest BCUT2D eigenvalue weighted by Gasteiger charge is -2.34. The molecule has 1 saturated carbocycles. The lowest BCUT2D eigenvalue weighted by atomic mass is 9.86. The van der Waals surface area contributed by atoms with Crippen LogP contribution in [0.1, 0.15) is 31.4 Å². The molecule has 0 bridgehead atoms. The highest BCUT2D eigenvalue weighted by atomic mass is 16.3. The van der Waals surface area contributed by atoms with Gasteiger partial charge in [-0.15, -0.1) is 0 Å². The fraction of sp³-hybridized carbons (Fsp3) is 0.600. The Labute approximate surface area is 120 Å². The summed E-state index contributed by atoms with van der Waals surface area (Å²) in [5.41, 5.74) is 1.66. The van der Waals surface area contributed by atoms with Crippen molar-refractivity contribution in [3.8, 4) is 0 Å². The summed E-state index contributed by atoms with van der Waals surface area (Å²) in [5.74, 6) is 0.408. The largest absolute Gasteiger partial charge is 0.396 e. The van der Waals surface area contributed by atoms with Gasteiger partial charge in [0.1, 0.15) is 0 Å². The molecule has 2 N–H and O–H groups in total. The second kappa shape index (κ2) is 6.70. The van der Waals surface area contributed by atoms with Crippen molar-refractivity contribution in [1.29, 1.82) is 0 Å². The monoisotopic (exact) mass is 277 g/mol. The van der Waals surface area contributed by atoms with Crippen LogP contribution in [0, 0.1) is 12.8 Å². The van der Waals surface area contributed by atoms with Crippen molar-refractivity contribution in [3.63, 3.8) is 0 Å². The number of aliphatic hydroxyl groups excluding tert-OH is 1. The molecule has 1 aliphatic carbocycles. The van der Waals surface area contributed by atoms with Crippen LogP contribution in [0.2, 0.25) is 0 Å². The van der Waals surface area contributed by atoms with E-state index in [1.54, 1.807) is 17.2 Å². The maximum Gasteiger partial charge on any atom is 0.321 e. The van der Waals surface area contributed by atoms with Gasteiger partial charge in [0.25, 0.3) is 0 Å². The molecule has 1 aromatic rings. The van der Waals surface area contributed by atoms with Crippen LogP contribution in [0.15, 0.2) is 18.3 Å². The number of aryl methyl sites for hydroxylation is 1. The Morgan fingerprint density at radius 2 is 2.15 bits per heavy atom. The summed E-state index contributed by atoms with van der Waals surface area (Å²) in [7, 11) is 1.84. The number of aliphatic hydroxyl groups is 1. The molecule has 0 saturated heterocycles. The molecule has 2 rings (SSSR count). The van der Waals surface area contributed by atoms with Crippen LogP contribution in [-0.2, 0) is 0 Å². The molecule has 110 valence electrons. The predicted molar refractivity (Wildman–Crippen MR) is 78.6 cm³/mol. The van der Waals surface area contributed by atoms with E-state index in [1.165, 1.54) is 0 Å². The highest BCUT2D eigenvalue weighted by molar-refractivity contribution is 5.89. The number of hydrogen-bond donors (Lipinski definition) is 2. The van der Waals surface area contributed by atoms with Gasteiger partial charge in [-0.3, -0.25) is 4.98 Å². The van der Waals surface area contributed by atoms with Crippen LogP contribution in [0.3, 0.4) is 0 Å². The highest BCUT2D eigenvalue weighted by Gasteiger charge is 2.26. The van der Waals surface area contributed by atoms with Crippen molar-refractivity contribution in [2.45, 2.75) is 38.6 Å². The van der Waals surface area contributed by atoms with Gasteiger partial charge in [0.15, 0.2) is 0 Å². The number of rotatable bonds is 3. The topological polar surface area (TPSA) is 65.5 Å². The van der Waals surface area contributed by atoms with Gasteiger partial charge in [-0.1, -0.05) is 0 Å². The van der Waals surface area contributed by atoms with E-state index >= 15 is 0 Å². The lowest BCUT2D eigenvalue weighted by Crippen LogP contribution is -2.42. The van der Waals surface area contributed by atoms with Gasteiger partial charge in [-0.2, -0.15) is 0 Å². The van der Waals surface area contributed by atoms with Gasteiger partial charge in [0.2, 0.25) is 0 Å². The zero-order chi connectivity index (χ0) is 14.5. The molecule has 5 heteroatoms. The maximum absolute atomic E-state index is 12.2. The third kappa shape index (κ3) is 3.70. The Bertz CT molecular complexity index is 456. The molecule has 1 fully saturated rings. The molecule has 20 heavy (non-hydrogen) atoms. The first kappa shape index (κ1) is 14.8. The van der Waals surface area contributed by atoms with Crippen LogP contribution >= 0.6 is 0 Å². The number of urea groups is 1. The molecule has 5 nitrogen and oxygen atoms in total. The number of pyridine rings is 1. The molecule has 1 aromatic heterocycles. The van der Waals surface area contributed by atoms with Crippen molar-refractivity contribution in [2.24, 2.45) is 5.92 Å². The van der Waals surface area contributed by atoms with Gasteiger partial charge < -0.3 is 15.3 Å². The number of carbonyl (C=O) groups excluding carboxylic acids is 1. The van der Waals surface area contributed by atoms with E-state index in [9.17, 15) is 4.79 Å². The number of hydrogen-bond acceptors (Lipinski definition) is 3. The van der Waals surface area contributed by atoms with Crippen molar-refractivity contribution in [2.75, 3.05) is 19.0 Å². The zero-order valence-electron chi connectivity index (χ0n) is 12.2. The molecule has 0 atom stereocenters. The van der Waals surface area contributed by atoms with Crippen LogP contribution in [0.25, 0.3) is 0 Å². The van der Waals surface area contributed by atoms with Gasteiger partial charge >= 0.3 is 6.03 Å². The normalized spacial score (nSPS) is 22.4. The van der Waals surface area contributed by atoms with Crippen LogP contribution in [0.5, 0.6) is 0 Å². The smallest absolute Gasteiger partial charge is 0.321 e. The summed E-state index contributed by atoms with van der Waals surface area (Å²) in [6.07, 6.45) is 5.60. The van der Waals surface area contributed by atoms with E-state index in [0.717, 1.165) is 37.1 Å². The van der Waals surface area contributed by atoms with E-state index in [1.807, 2.05) is 20.0 Å². The van der Waals surface area contributed by atoms with Crippen molar-refractivity contribution in [3.05, 3.63) is 24.0 Å². The van der Waals surface area contributed by atoms with E-state index in [-0.39, 0.29) is 18.7 Å². The molecule has 0 aromatic carbocycles. The third-order valence-electron chi connectivity index (χ3n) is 4.09. The first-order chi connectivity index (χ1) is 9.60. The van der Waals surface area contributed by atoms with Crippen LogP contribution < -0.4 is 5.32 Å². The van der Waals surface area contributed by atoms with Gasteiger partial charge in [-0.05, 0) is 50.7 Å². The first-order valence-corrected chi connectivity index (χ1v) is 7.17. The lowest BCUT2D eigenvalue weighted by molar-refractivity contribution is 0.139. The fourth-order valence-electron chi connectivity index (χ4n) is 2.72. The molecule has 0 spiro atoms. The van der Waals surface area contributed by atoms with E-state index in [2.05, 4.69) is 10.3 Å². The Balaban J connectivity index is 1.89. The number of aromatic nitrogens is 1. The zero-order valence-corrected chi connectivity index (χ0v) is 12.2. The SMILES string of the molecule is Cc1cc(NC(=O)N(C)C2CCC(CO)CC2)ccn1. The van der Waals surface area contributed by atoms with E-state index < -0.39 is 0 Å². The molecule has 0 aliphatic heterocycles. The Morgan fingerprint density at radius 3 is 2.75 bits per heavy atom. The van der Waals surface area contributed by atoms with Gasteiger partial charge in [0.05, 0.1) is 0 Å². The second-order valence-electron chi connectivity index (χ2n) is 5.58. The maximum atomic E-state index is 12.2. The first-order valence-electron chi connectivity index (χ1n) is 7.17. The minimum Gasteiger partial charge on any atom is -0.396 e. The van der Waals surface area contributed by atoms with E-state index in [4.69, 9.17) is 5.11 Å². The van der Waals surface area contributed by atoms with Gasteiger partial charge in [-0.25, -0.2) is 4.79 Å². The second-order valence-corrected chi connectivity index (χ2v) is 5.58. The quantitative estimate of drug-likeness (QED) is 0.891. The summed E-state index contributed by atoms with van der Waals surface area (Å²) in [6.45, 7) is 2.16. The van der Waals surface area contributed by atoms with Crippen molar-refractivity contribution >= 4 is 11.7 Å². The summed E-state index contributed by atoms with van der Waals surface area (Å²) < 4.78 is 0. The molecule has 1 aliphatic rings. The summed E-state index contributed by atoms with van der Waals surface area (Å²) in [4.78, 5) is 18.1. The minimum absolute atomic E-state index is 0.0805. The number of nitrogens with one attached hydrogen (secondary N) is 1. The number of carbonyl (C=O) groups is 1. The summed E-state index contributed by atoms with van der Waals surface area (Å²) in [5, 5.41) is 12.0. The average Bonchev–Trinajstić information content (AvgIpc) is 2.46. The Kier molecular flexibility index (Phi) is 4.95. The van der Waals surface area contributed by atoms with Crippen molar-refractivity contribution < 1.29 is 9.90 Å². The molecule has 1 heterocycles. The molecule has 0 unspecified atom stereocenters. The molecule has 2 amide bonds. The highest BCUT2D eigenvalue weighted by Crippen LogP contribution is 2.27. The number of nitrogens with zero attached hydrogens (tertiary/aromatic N) is 2. The van der Waals surface area contributed by atoms with Crippen LogP contribution in [-0.4, -0.2) is 40.7 Å². The Hall–Kier alpha value is -1.62. The third-order valence-corrected chi connectivity index (χ3v) is 4.09. The minimum atomic E-state index is -0.0805. The summed E-state index contributed by atoms with van der Waals surface area (Å²) >= 11 is 0. The van der Waals surface area contributed by atoms with Crippen molar-refractivity contribution in [1.82, 2.24) is 9.88 Å². The van der Waals surface area contributed by atoms with E-state index in [0.29, 0.717) is 5.92 Å². The average molecular weight is 277 g/mol. The van der Waals surface area contributed by atoms with Crippen LogP contribution in [0.4, 0.5) is 10.5 Å².